The van der Waals surface area contributed by atoms with Crippen LogP contribution in [0.25, 0.3) is 0 Å². The summed E-state index contributed by atoms with van der Waals surface area (Å²) in [6.07, 6.45) is 3.50. The second-order valence-electron chi connectivity index (χ2n) is 1.02. The van der Waals surface area contributed by atoms with Gasteiger partial charge in [-0.1, -0.05) is 33.8 Å². The van der Waals surface area contributed by atoms with Crippen molar-refractivity contribution in [3.8, 4) is 0 Å². The van der Waals surface area contributed by atoms with Gasteiger partial charge in [-0.15, -0.1) is 0 Å². The van der Waals surface area contributed by atoms with E-state index in [1.165, 1.54) is 0 Å². The molecule has 0 aliphatic rings. The van der Waals surface area contributed by atoms with E-state index in [-0.39, 0.29) is 0 Å². The summed E-state index contributed by atoms with van der Waals surface area (Å²) in [6.45, 7) is 8.00. The summed E-state index contributed by atoms with van der Waals surface area (Å²) in [5, 5.41) is 0. The summed E-state index contributed by atoms with van der Waals surface area (Å²) in [4.78, 5) is 3.78. The fraction of sp³-hybridized carbons (Fsp3) is 0.444. The largest absolute Gasteiger partial charge is 0.265 e. The summed E-state index contributed by atoms with van der Waals surface area (Å²) in [7, 11) is 0. The zero-order valence-electron chi connectivity index (χ0n) is 7.33. The Morgan fingerprint density at radius 3 is 1.20 bits per heavy atom. The predicted octanol–water partition coefficient (Wildman–Crippen LogP) is 3.13. The smallest absolute Gasteiger partial charge is 0.0267 e. The van der Waals surface area contributed by atoms with E-state index in [9.17, 15) is 0 Å². The number of pyridine rings is 1. The molecule has 1 nitrogen and oxygen atoms in total. The highest BCUT2D eigenvalue weighted by Gasteiger charge is 1.58. The quantitative estimate of drug-likeness (QED) is 0.538. The third kappa shape index (κ3) is 10.2. The molecule has 0 unspecified atom stereocenters. The maximum Gasteiger partial charge on any atom is 0.0267 e. The van der Waals surface area contributed by atoms with Gasteiger partial charge in [0.25, 0.3) is 0 Å². The molecule has 10 heavy (non-hydrogen) atoms. The normalized spacial score (nSPS) is 6.00. The Morgan fingerprint density at radius 2 is 1.10 bits per heavy atom. The highest BCUT2D eigenvalue weighted by Crippen LogP contribution is 1.73. The van der Waals surface area contributed by atoms with Crippen molar-refractivity contribution in [2.45, 2.75) is 27.7 Å². The van der Waals surface area contributed by atoms with Crippen LogP contribution >= 0.6 is 0 Å². The molecule has 0 radical (unpaired) electrons. The Hall–Kier alpha value is -0.850. The second kappa shape index (κ2) is 15.7. The van der Waals surface area contributed by atoms with Crippen LogP contribution in [0.1, 0.15) is 27.7 Å². The predicted molar refractivity (Wildman–Crippen MR) is 46.9 cm³/mol. The molecule has 1 rings (SSSR count). The summed E-state index contributed by atoms with van der Waals surface area (Å²) in [5.74, 6) is 0. The molecular weight excluding hydrogens is 122 g/mol. The molecule has 1 heteroatoms. The van der Waals surface area contributed by atoms with Crippen LogP contribution < -0.4 is 0 Å². The molecule has 0 fully saturated rings. The minimum absolute atomic E-state index is 1.75. The Labute approximate surface area is 64.1 Å². The van der Waals surface area contributed by atoms with Crippen molar-refractivity contribution in [2.75, 3.05) is 0 Å². The molecule has 0 saturated heterocycles. The molecular formula is C9H17N. The molecule has 0 aliphatic carbocycles. The third-order valence-corrected chi connectivity index (χ3v) is 0.566. The Balaban J connectivity index is 0. The van der Waals surface area contributed by atoms with E-state index in [2.05, 4.69) is 4.98 Å². The Kier molecular flexibility index (Phi) is 18.7. The lowest BCUT2D eigenvalue weighted by Crippen LogP contribution is -1.58. The average molecular weight is 139 g/mol. The zero-order chi connectivity index (χ0) is 8.24. The van der Waals surface area contributed by atoms with Crippen molar-refractivity contribution in [1.29, 1.82) is 0 Å². The van der Waals surface area contributed by atoms with Gasteiger partial charge in [0.05, 0.1) is 0 Å². The number of hydrogen-bond acceptors (Lipinski definition) is 1. The SMILES string of the molecule is CC.CC.c1ccncc1. The van der Waals surface area contributed by atoms with Crippen molar-refractivity contribution >= 4 is 0 Å². The maximum atomic E-state index is 3.78. The minimum Gasteiger partial charge on any atom is -0.265 e. The lowest BCUT2D eigenvalue weighted by Gasteiger charge is -1.70. The molecule has 1 heterocycles. The van der Waals surface area contributed by atoms with Gasteiger partial charge in [-0.2, -0.15) is 0 Å². The first-order valence-electron chi connectivity index (χ1n) is 3.85. The van der Waals surface area contributed by atoms with Crippen molar-refractivity contribution in [3.63, 3.8) is 0 Å². The molecule has 0 aliphatic heterocycles. The summed E-state index contributed by atoms with van der Waals surface area (Å²) in [5.41, 5.74) is 0. The molecule has 1 aromatic rings. The minimum atomic E-state index is 1.75. The van der Waals surface area contributed by atoms with Crippen molar-refractivity contribution < 1.29 is 0 Å². The van der Waals surface area contributed by atoms with Gasteiger partial charge in [0.15, 0.2) is 0 Å². The molecule has 0 aromatic carbocycles. The van der Waals surface area contributed by atoms with Crippen molar-refractivity contribution in [3.05, 3.63) is 30.6 Å². The number of hydrogen-bond donors (Lipinski definition) is 0. The van der Waals surface area contributed by atoms with Crippen molar-refractivity contribution in [2.24, 2.45) is 0 Å². The van der Waals surface area contributed by atoms with E-state index in [0.717, 1.165) is 0 Å². The van der Waals surface area contributed by atoms with Gasteiger partial charge in [-0.05, 0) is 12.1 Å². The average Bonchev–Trinajstić information content (AvgIpc) is 2.14. The molecule has 0 bridgehead atoms. The van der Waals surface area contributed by atoms with E-state index < -0.39 is 0 Å². The van der Waals surface area contributed by atoms with Crippen LogP contribution in [-0.4, -0.2) is 4.98 Å². The fourth-order valence-electron chi connectivity index (χ4n) is 0.313. The Bertz CT molecular complexity index is 76.7. The topological polar surface area (TPSA) is 12.9 Å². The zero-order valence-corrected chi connectivity index (χ0v) is 7.33. The lowest BCUT2D eigenvalue weighted by molar-refractivity contribution is 1.33. The highest BCUT2D eigenvalue weighted by atomic mass is 14.6. The van der Waals surface area contributed by atoms with Crippen LogP contribution in [0.5, 0.6) is 0 Å². The van der Waals surface area contributed by atoms with Gasteiger partial charge >= 0.3 is 0 Å². The van der Waals surface area contributed by atoms with Crippen LogP contribution in [0.4, 0.5) is 0 Å². The van der Waals surface area contributed by atoms with Crippen LogP contribution in [0.3, 0.4) is 0 Å². The summed E-state index contributed by atoms with van der Waals surface area (Å²) in [6, 6.07) is 5.72. The van der Waals surface area contributed by atoms with Crippen LogP contribution in [-0.2, 0) is 0 Å². The fourth-order valence-corrected chi connectivity index (χ4v) is 0.313. The van der Waals surface area contributed by atoms with Crippen LogP contribution in [0, 0.1) is 0 Å². The first-order valence-corrected chi connectivity index (χ1v) is 3.85. The molecule has 1 aromatic heterocycles. The first-order chi connectivity index (χ1) is 5.00. The van der Waals surface area contributed by atoms with E-state index >= 15 is 0 Å². The summed E-state index contributed by atoms with van der Waals surface area (Å²) < 4.78 is 0. The molecule has 0 spiro atoms. The highest BCUT2D eigenvalue weighted by molar-refractivity contribution is 4.88. The number of aromatic nitrogens is 1. The molecule has 0 saturated carbocycles. The summed E-state index contributed by atoms with van der Waals surface area (Å²) >= 11 is 0. The Morgan fingerprint density at radius 1 is 0.700 bits per heavy atom. The van der Waals surface area contributed by atoms with E-state index in [1.54, 1.807) is 12.4 Å². The van der Waals surface area contributed by atoms with E-state index in [0.29, 0.717) is 0 Å². The van der Waals surface area contributed by atoms with E-state index in [1.807, 2.05) is 45.9 Å². The van der Waals surface area contributed by atoms with Gasteiger partial charge in [-0.3, -0.25) is 4.98 Å². The molecule has 0 amide bonds. The van der Waals surface area contributed by atoms with Gasteiger partial charge in [0.2, 0.25) is 0 Å². The number of rotatable bonds is 0. The lowest BCUT2D eigenvalue weighted by atomic mass is 10.5. The monoisotopic (exact) mass is 139 g/mol. The molecule has 58 valence electrons. The molecule has 0 N–H and O–H groups in total. The maximum absolute atomic E-state index is 3.78. The van der Waals surface area contributed by atoms with Gasteiger partial charge in [-0.25, -0.2) is 0 Å². The van der Waals surface area contributed by atoms with E-state index in [4.69, 9.17) is 0 Å². The van der Waals surface area contributed by atoms with Crippen molar-refractivity contribution in [1.82, 2.24) is 4.98 Å². The van der Waals surface area contributed by atoms with Gasteiger partial charge in [0, 0.05) is 12.4 Å². The number of nitrogens with zero attached hydrogens (tertiary/aromatic N) is 1. The second-order valence-corrected chi connectivity index (χ2v) is 1.02. The standard InChI is InChI=1S/C5H5N.2C2H6/c1-2-4-6-5-3-1;2*1-2/h1-5H;2*1-2H3. The van der Waals surface area contributed by atoms with Crippen LogP contribution in [0.2, 0.25) is 0 Å². The first kappa shape index (κ1) is 11.9. The van der Waals surface area contributed by atoms with Gasteiger partial charge in [0.1, 0.15) is 0 Å². The van der Waals surface area contributed by atoms with Gasteiger partial charge < -0.3 is 0 Å². The van der Waals surface area contributed by atoms with Crippen LogP contribution in [0.15, 0.2) is 30.6 Å². The third-order valence-electron chi connectivity index (χ3n) is 0.566. The molecule has 0 atom stereocenters.